The lowest BCUT2D eigenvalue weighted by Gasteiger charge is -2.35. The SMILES string of the molecule is CC1CCC12CC2C. The van der Waals surface area contributed by atoms with E-state index in [-0.39, 0.29) is 0 Å². The Morgan fingerprint density at radius 1 is 1.25 bits per heavy atom. The van der Waals surface area contributed by atoms with Gasteiger partial charge in [-0.15, -0.1) is 0 Å². The van der Waals surface area contributed by atoms with Gasteiger partial charge in [0.1, 0.15) is 0 Å². The highest BCUT2D eigenvalue weighted by Gasteiger charge is 2.59. The van der Waals surface area contributed by atoms with Crippen molar-refractivity contribution < 1.29 is 0 Å². The van der Waals surface area contributed by atoms with Crippen molar-refractivity contribution in [2.75, 3.05) is 0 Å². The third-order valence-electron chi connectivity index (χ3n) is 3.53. The van der Waals surface area contributed by atoms with Crippen LogP contribution in [0.3, 0.4) is 0 Å². The highest BCUT2D eigenvalue weighted by atomic mass is 14.6. The van der Waals surface area contributed by atoms with Crippen LogP contribution in [-0.2, 0) is 0 Å². The van der Waals surface area contributed by atoms with Gasteiger partial charge in [0.2, 0.25) is 0 Å². The van der Waals surface area contributed by atoms with E-state index in [9.17, 15) is 0 Å². The van der Waals surface area contributed by atoms with Crippen molar-refractivity contribution in [1.82, 2.24) is 0 Å². The maximum atomic E-state index is 2.41. The number of hydrogen-bond donors (Lipinski definition) is 0. The zero-order valence-corrected chi connectivity index (χ0v) is 5.78. The first kappa shape index (κ1) is 4.84. The lowest BCUT2D eigenvalue weighted by atomic mass is 9.70. The molecule has 0 N–H and O–H groups in total. The van der Waals surface area contributed by atoms with Gasteiger partial charge in [-0.3, -0.25) is 0 Å². The summed E-state index contributed by atoms with van der Waals surface area (Å²) in [4.78, 5) is 0. The van der Waals surface area contributed by atoms with E-state index in [1.165, 1.54) is 19.3 Å². The molecule has 2 fully saturated rings. The molecule has 2 saturated carbocycles. The Hall–Kier alpha value is 0. The molecular weight excluding hydrogens is 96.1 g/mol. The maximum Gasteiger partial charge on any atom is -0.0243 e. The molecule has 3 atom stereocenters. The third-order valence-corrected chi connectivity index (χ3v) is 3.53. The van der Waals surface area contributed by atoms with E-state index in [0.717, 1.165) is 17.3 Å². The summed E-state index contributed by atoms with van der Waals surface area (Å²) in [6.45, 7) is 4.81. The minimum atomic E-state index is 0.889. The highest BCUT2D eigenvalue weighted by molar-refractivity contribution is 5.08. The molecule has 1 spiro atoms. The van der Waals surface area contributed by atoms with Gasteiger partial charge in [0.15, 0.2) is 0 Å². The van der Waals surface area contributed by atoms with Gasteiger partial charge in [-0.2, -0.15) is 0 Å². The average molecular weight is 110 g/mol. The first-order chi connectivity index (χ1) is 3.76. The van der Waals surface area contributed by atoms with Gasteiger partial charge in [0.05, 0.1) is 0 Å². The summed E-state index contributed by atoms with van der Waals surface area (Å²) in [5.74, 6) is 2.14. The molecule has 0 heteroatoms. The Bertz CT molecular complexity index is 113. The molecule has 2 rings (SSSR count). The smallest absolute Gasteiger partial charge is 0.0243 e. The fraction of sp³-hybridized carbons (Fsp3) is 1.00. The van der Waals surface area contributed by atoms with Crippen LogP contribution in [0.4, 0.5) is 0 Å². The molecule has 0 nitrogen and oxygen atoms in total. The monoisotopic (exact) mass is 110 g/mol. The minimum Gasteiger partial charge on any atom is -0.0620 e. The Labute approximate surface area is 51.3 Å². The fourth-order valence-corrected chi connectivity index (χ4v) is 2.35. The molecule has 0 bridgehead atoms. The summed E-state index contributed by atoms with van der Waals surface area (Å²) in [6, 6.07) is 0. The van der Waals surface area contributed by atoms with Gasteiger partial charge in [-0.25, -0.2) is 0 Å². The molecule has 0 heterocycles. The van der Waals surface area contributed by atoms with E-state index in [2.05, 4.69) is 13.8 Å². The maximum absolute atomic E-state index is 2.41. The predicted octanol–water partition coefficient (Wildman–Crippen LogP) is 2.44. The van der Waals surface area contributed by atoms with E-state index in [1.54, 1.807) is 0 Å². The Balaban J connectivity index is 2.08. The van der Waals surface area contributed by atoms with Crippen LogP contribution >= 0.6 is 0 Å². The van der Waals surface area contributed by atoms with Crippen LogP contribution in [0.1, 0.15) is 33.1 Å². The van der Waals surface area contributed by atoms with Crippen molar-refractivity contribution in [1.29, 1.82) is 0 Å². The van der Waals surface area contributed by atoms with Crippen molar-refractivity contribution in [3.05, 3.63) is 0 Å². The van der Waals surface area contributed by atoms with Crippen molar-refractivity contribution in [2.24, 2.45) is 17.3 Å². The summed E-state index contributed by atoms with van der Waals surface area (Å²) >= 11 is 0. The van der Waals surface area contributed by atoms with Crippen LogP contribution in [0.2, 0.25) is 0 Å². The molecule has 0 aromatic rings. The second-order valence-corrected chi connectivity index (χ2v) is 3.78. The van der Waals surface area contributed by atoms with Crippen LogP contribution in [-0.4, -0.2) is 0 Å². The predicted molar refractivity (Wildman–Crippen MR) is 34.6 cm³/mol. The van der Waals surface area contributed by atoms with Crippen molar-refractivity contribution >= 4 is 0 Å². The fourth-order valence-electron chi connectivity index (χ4n) is 2.35. The van der Waals surface area contributed by atoms with Gasteiger partial charge < -0.3 is 0 Å². The average Bonchev–Trinajstić information content (AvgIpc) is 2.40. The van der Waals surface area contributed by atoms with Crippen LogP contribution in [0.5, 0.6) is 0 Å². The molecular formula is C8H14. The zero-order valence-electron chi connectivity index (χ0n) is 5.78. The lowest BCUT2D eigenvalue weighted by Crippen LogP contribution is -2.25. The molecule has 2 aliphatic rings. The standard InChI is InChI=1S/C8H14/c1-6-3-4-8(6)5-7(8)2/h6-7H,3-5H2,1-2H3. The molecule has 0 radical (unpaired) electrons. The molecule has 0 aliphatic heterocycles. The Morgan fingerprint density at radius 2 is 1.88 bits per heavy atom. The van der Waals surface area contributed by atoms with E-state index in [0.29, 0.717) is 0 Å². The first-order valence-corrected chi connectivity index (χ1v) is 3.76. The van der Waals surface area contributed by atoms with Crippen LogP contribution < -0.4 is 0 Å². The molecule has 2 aliphatic carbocycles. The van der Waals surface area contributed by atoms with Crippen molar-refractivity contribution in [3.8, 4) is 0 Å². The quantitative estimate of drug-likeness (QED) is 0.449. The zero-order chi connectivity index (χ0) is 5.78. The lowest BCUT2D eigenvalue weighted by molar-refractivity contribution is 0.150. The van der Waals surface area contributed by atoms with Crippen molar-refractivity contribution in [2.45, 2.75) is 33.1 Å². The van der Waals surface area contributed by atoms with Crippen LogP contribution in [0, 0.1) is 17.3 Å². The van der Waals surface area contributed by atoms with Gasteiger partial charge in [0, 0.05) is 0 Å². The van der Waals surface area contributed by atoms with E-state index in [1.807, 2.05) is 0 Å². The van der Waals surface area contributed by atoms with Gasteiger partial charge in [-0.1, -0.05) is 13.8 Å². The summed E-state index contributed by atoms with van der Waals surface area (Å²) in [7, 11) is 0. The molecule has 0 aromatic heterocycles. The highest BCUT2D eigenvalue weighted by Crippen LogP contribution is 2.68. The molecule has 0 aromatic carbocycles. The van der Waals surface area contributed by atoms with Crippen LogP contribution in [0.25, 0.3) is 0 Å². The summed E-state index contributed by atoms with van der Waals surface area (Å²) < 4.78 is 0. The number of rotatable bonds is 0. The molecule has 3 unspecified atom stereocenters. The summed E-state index contributed by atoms with van der Waals surface area (Å²) in [5, 5.41) is 0. The normalized spacial score (nSPS) is 60.8. The van der Waals surface area contributed by atoms with E-state index < -0.39 is 0 Å². The minimum absolute atomic E-state index is 0.889. The molecule has 8 heavy (non-hydrogen) atoms. The molecule has 0 saturated heterocycles. The first-order valence-electron chi connectivity index (χ1n) is 3.76. The van der Waals surface area contributed by atoms with Gasteiger partial charge in [0.25, 0.3) is 0 Å². The Kier molecular flexibility index (Phi) is 0.678. The van der Waals surface area contributed by atoms with Gasteiger partial charge >= 0.3 is 0 Å². The van der Waals surface area contributed by atoms with E-state index in [4.69, 9.17) is 0 Å². The van der Waals surface area contributed by atoms with Crippen LogP contribution in [0.15, 0.2) is 0 Å². The van der Waals surface area contributed by atoms with Crippen molar-refractivity contribution in [3.63, 3.8) is 0 Å². The second-order valence-electron chi connectivity index (χ2n) is 3.78. The largest absolute Gasteiger partial charge is 0.0620 e. The third kappa shape index (κ3) is 0.340. The Morgan fingerprint density at radius 3 is 1.88 bits per heavy atom. The molecule has 0 amide bonds. The molecule has 46 valence electrons. The van der Waals surface area contributed by atoms with Gasteiger partial charge in [-0.05, 0) is 36.5 Å². The van der Waals surface area contributed by atoms with E-state index >= 15 is 0 Å². The topological polar surface area (TPSA) is 0 Å². The summed E-state index contributed by atoms with van der Waals surface area (Å²) in [5.41, 5.74) is 0.889. The second kappa shape index (κ2) is 1.12. The number of hydrogen-bond acceptors (Lipinski definition) is 0. The summed E-state index contributed by atoms with van der Waals surface area (Å²) in [6.07, 6.45) is 4.58.